The second-order valence-corrected chi connectivity index (χ2v) is 10.6. The van der Waals surface area contributed by atoms with Gasteiger partial charge in [-0.1, -0.05) is 72.3 Å². The van der Waals surface area contributed by atoms with Gasteiger partial charge in [0, 0.05) is 23.5 Å². The molecule has 184 valence electrons. The van der Waals surface area contributed by atoms with Crippen molar-refractivity contribution in [2.75, 3.05) is 6.61 Å². The highest BCUT2D eigenvalue weighted by Crippen LogP contribution is 2.28. The Kier molecular flexibility index (Phi) is 9.35. The van der Waals surface area contributed by atoms with E-state index < -0.39 is 11.6 Å². The fraction of sp³-hybridized carbons (Fsp3) is 0.286. The lowest BCUT2D eigenvalue weighted by atomic mass is 10.0. The van der Waals surface area contributed by atoms with E-state index in [9.17, 15) is 9.59 Å². The third-order valence-corrected chi connectivity index (χ3v) is 6.06. The second kappa shape index (κ2) is 12.2. The number of halogens is 2. The molecule has 7 heteroatoms. The molecular weight excluding hydrogens is 528 g/mol. The van der Waals surface area contributed by atoms with Crippen molar-refractivity contribution >= 4 is 39.3 Å². The minimum Gasteiger partial charge on any atom is -0.483 e. The highest BCUT2D eigenvalue weighted by molar-refractivity contribution is 9.10. The summed E-state index contributed by atoms with van der Waals surface area (Å²) in [6.45, 7) is 5.83. The molecule has 1 N–H and O–H groups in total. The van der Waals surface area contributed by atoms with E-state index >= 15 is 0 Å². The van der Waals surface area contributed by atoms with E-state index in [1.165, 1.54) is 0 Å². The molecule has 0 aliphatic heterocycles. The van der Waals surface area contributed by atoms with E-state index in [1.807, 2.05) is 81.4 Å². The van der Waals surface area contributed by atoms with Crippen molar-refractivity contribution in [1.29, 1.82) is 0 Å². The molecule has 0 aliphatic rings. The molecule has 0 bridgehead atoms. The standard InChI is InChI=1S/C28H30BrClN2O3/c1-28(2,3)31-27(34)24(16-20-10-6-4-7-11-20)32(18-21-12-8-5-9-13-21)26(33)19-35-25-15-14-22(30)17-23(25)29/h4-15,17,24H,16,18-19H2,1-3H3,(H,31,34)/t24-/m1/s1. The largest absolute Gasteiger partial charge is 0.483 e. The normalized spacial score (nSPS) is 12.0. The van der Waals surface area contributed by atoms with Crippen molar-refractivity contribution in [3.63, 3.8) is 0 Å². The number of benzene rings is 3. The third-order valence-electron chi connectivity index (χ3n) is 5.21. The van der Waals surface area contributed by atoms with Gasteiger partial charge < -0.3 is 15.0 Å². The van der Waals surface area contributed by atoms with E-state index in [2.05, 4.69) is 21.2 Å². The van der Waals surface area contributed by atoms with E-state index in [4.69, 9.17) is 16.3 Å². The lowest BCUT2D eigenvalue weighted by molar-refractivity contribution is -0.143. The van der Waals surface area contributed by atoms with Crippen LogP contribution in [0, 0.1) is 0 Å². The summed E-state index contributed by atoms with van der Waals surface area (Å²) >= 11 is 9.44. The van der Waals surface area contributed by atoms with Gasteiger partial charge in [-0.2, -0.15) is 0 Å². The lowest BCUT2D eigenvalue weighted by Crippen LogP contribution is -2.55. The molecule has 35 heavy (non-hydrogen) atoms. The van der Waals surface area contributed by atoms with Crippen LogP contribution in [0.15, 0.2) is 83.3 Å². The first-order valence-corrected chi connectivity index (χ1v) is 12.6. The van der Waals surface area contributed by atoms with Crippen LogP contribution in [0.25, 0.3) is 0 Å². The first kappa shape index (κ1) is 26.8. The fourth-order valence-electron chi connectivity index (χ4n) is 3.60. The van der Waals surface area contributed by atoms with Gasteiger partial charge in [0.05, 0.1) is 4.47 Å². The molecule has 0 saturated heterocycles. The van der Waals surface area contributed by atoms with Crippen molar-refractivity contribution in [1.82, 2.24) is 10.2 Å². The van der Waals surface area contributed by atoms with Crippen LogP contribution in [-0.2, 0) is 22.6 Å². The minimum atomic E-state index is -0.721. The number of amides is 2. The van der Waals surface area contributed by atoms with Crippen LogP contribution in [0.5, 0.6) is 5.75 Å². The Morgan fingerprint density at radius 3 is 2.14 bits per heavy atom. The zero-order valence-electron chi connectivity index (χ0n) is 20.1. The zero-order chi connectivity index (χ0) is 25.4. The van der Waals surface area contributed by atoms with Crippen molar-refractivity contribution in [2.45, 2.75) is 45.3 Å². The number of rotatable bonds is 9. The summed E-state index contributed by atoms with van der Waals surface area (Å²) < 4.78 is 6.48. The molecule has 0 aromatic heterocycles. The van der Waals surface area contributed by atoms with E-state index in [0.717, 1.165) is 11.1 Å². The predicted molar refractivity (Wildman–Crippen MR) is 143 cm³/mol. The first-order valence-electron chi connectivity index (χ1n) is 11.4. The molecule has 0 spiro atoms. The summed E-state index contributed by atoms with van der Waals surface area (Å²) in [5, 5.41) is 3.61. The number of nitrogens with zero attached hydrogens (tertiary/aromatic N) is 1. The summed E-state index contributed by atoms with van der Waals surface area (Å²) in [5.41, 5.74) is 1.45. The fourth-order valence-corrected chi connectivity index (χ4v) is 4.40. The molecule has 1 atom stereocenters. The SMILES string of the molecule is CC(C)(C)NC(=O)[C@@H](Cc1ccccc1)N(Cc1ccccc1)C(=O)COc1ccc(Cl)cc1Br. The van der Waals surface area contributed by atoms with Gasteiger partial charge in [0.15, 0.2) is 6.61 Å². The van der Waals surface area contributed by atoms with E-state index in [1.54, 1.807) is 23.1 Å². The summed E-state index contributed by atoms with van der Waals surface area (Å²) in [7, 11) is 0. The Bertz CT molecular complexity index is 1130. The molecule has 0 saturated carbocycles. The van der Waals surface area contributed by atoms with Gasteiger partial charge in [-0.15, -0.1) is 0 Å². The van der Waals surface area contributed by atoms with Crippen molar-refractivity contribution < 1.29 is 14.3 Å². The smallest absolute Gasteiger partial charge is 0.261 e. The average molecular weight is 558 g/mol. The van der Waals surface area contributed by atoms with Gasteiger partial charge in [-0.25, -0.2) is 0 Å². The quantitative estimate of drug-likeness (QED) is 0.349. The minimum absolute atomic E-state index is 0.210. The molecule has 0 radical (unpaired) electrons. The first-order chi connectivity index (χ1) is 16.6. The Morgan fingerprint density at radius 1 is 0.971 bits per heavy atom. The Hall–Kier alpha value is -2.83. The molecule has 3 aromatic carbocycles. The van der Waals surface area contributed by atoms with Gasteiger partial charge in [0.1, 0.15) is 11.8 Å². The molecule has 2 amide bonds. The number of hydrogen-bond donors (Lipinski definition) is 1. The van der Waals surface area contributed by atoms with Crippen LogP contribution in [0.4, 0.5) is 0 Å². The zero-order valence-corrected chi connectivity index (χ0v) is 22.5. The van der Waals surface area contributed by atoms with Gasteiger partial charge in [-0.05, 0) is 66.0 Å². The average Bonchev–Trinajstić information content (AvgIpc) is 2.81. The highest BCUT2D eigenvalue weighted by Gasteiger charge is 2.32. The summed E-state index contributed by atoms with van der Waals surface area (Å²) in [4.78, 5) is 28.7. The number of hydrogen-bond acceptors (Lipinski definition) is 3. The number of carbonyl (C=O) groups excluding carboxylic acids is 2. The Balaban J connectivity index is 1.91. The summed E-state index contributed by atoms with van der Waals surface area (Å²) in [6, 6.07) is 23.7. The predicted octanol–water partition coefficient (Wildman–Crippen LogP) is 6.04. The van der Waals surface area contributed by atoms with Crippen LogP contribution in [0.2, 0.25) is 5.02 Å². The van der Waals surface area contributed by atoms with Crippen LogP contribution in [0.3, 0.4) is 0 Å². The monoisotopic (exact) mass is 556 g/mol. The maximum Gasteiger partial charge on any atom is 0.261 e. The van der Waals surface area contributed by atoms with Gasteiger partial charge in [-0.3, -0.25) is 9.59 Å². The summed E-state index contributed by atoms with van der Waals surface area (Å²) in [6.07, 6.45) is 0.381. The Labute approximate surface area is 220 Å². The van der Waals surface area contributed by atoms with E-state index in [0.29, 0.717) is 21.7 Å². The second-order valence-electron chi connectivity index (χ2n) is 9.32. The van der Waals surface area contributed by atoms with Crippen molar-refractivity contribution in [3.05, 3.63) is 99.5 Å². The molecule has 5 nitrogen and oxygen atoms in total. The molecule has 0 unspecified atom stereocenters. The molecule has 0 heterocycles. The molecule has 3 aromatic rings. The maximum atomic E-state index is 13.6. The number of nitrogens with one attached hydrogen (secondary N) is 1. The van der Waals surface area contributed by atoms with Gasteiger partial charge in [0.25, 0.3) is 5.91 Å². The van der Waals surface area contributed by atoms with Crippen LogP contribution in [-0.4, -0.2) is 34.9 Å². The van der Waals surface area contributed by atoms with Crippen LogP contribution >= 0.6 is 27.5 Å². The third kappa shape index (κ3) is 8.41. The lowest BCUT2D eigenvalue weighted by Gasteiger charge is -2.33. The van der Waals surface area contributed by atoms with Gasteiger partial charge >= 0.3 is 0 Å². The topological polar surface area (TPSA) is 58.6 Å². The van der Waals surface area contributed by atoms with Crippen molar-refractivity contribution in [3.8, 4) is 5.75 Å². The Morgan fingerprint density at radius 2 is 1.57 bits per heavy atom. The molecule has 3 rings (SSSR count). The van der Waals surface area contributed by atoms with Crippen LogP contribution < -0.4 is 10.1 Å². The number of ether oxygens (including phenoxy) is 1. The molecular formula is C28H30BrClN2O3. The molecule has 0 fully saturated rings. The number of carbonyl (C=O) groups is 2. The maximum absolute atomic E-state index is 13.6. The summed E-state index contributed by atoms with van der Waals surface area (Å²) in [5.74, 6) is 0.000152. The van der Waals surface area contributed by atoms with Gasteiger partial charge in [0.2, 0.25) is 5.91 Å². The molecule has 0 aliphatic carbocycles. The van der Waals surface area contributed by atoms with E-state index in [-0.39, 0.29) is 25.0 Å². The van der Waals surface area contributed by atoms with Crippen LogP contribution in [0.1, 0.15) is 31.9 Å². The highest BCUT2D eigenvalue weighted by atomic mass is 79.9. The van der Waals surface area contributed by atoms with Crippen molar-refractivity contribution in [2.24, 2.45) is 0 Å².